The van der Waals surface area contributed by atoms with Crippen molar-refractivity contribution in [3.63, 3.8) is 0 Å². The first-order valence-corrected chi connectivity index (χ1v) is 6.90. The number of hydrogen-bond acceptors (Lipinski definition) is 5. The van der Waals surface area contributed by atoms with E-state index in [2.05, 4.69) is 10.3 Å². The van der Waals surface area contributed by atoms with Gasteiger partial charge in [0, 0.05) is 12.6 Å². The summed E-state index contributed by atoms with van der Waals surface area (Å²) in [6.07, 6.45) is 11.7. The van der Waals surface area contributed by atoms with Gasteiger partial charge in [0.25, 0.3) is 0 Å². The standard InChI is InChI=1S/C16H14N2O3/c19-11-5-6-14-16(9-3-1-2-4-10(9)18-14)7-12(20)13(21)8-17-15(11)16/h2-4,6-8,15,17,20-21H,1,5H2. The van der Waals surface area contributed by atoms with Gasteiger partial charge in [0.2, 0.25) is 0 Å². The van der Waals surface area contributed by atoms with Crippen LogP contribution in [0.25, 0.3) is 0 Å². The monoisotopic (exact) mass is 282 g/mol. The van der Waals surface area contributed by atoms with E-state index in [1.807, 2.05) is 24.3 Å². The van der Waals surface area contributed by atoms with Gasteiger partial charge in [-0.3, -0.25) is 9.79 Å². The number of Topliss-reactive ketones (excluding diaryl/α,β-unsaturated/α-hetero) is 1. The highest BCUT2D eigenvalue weighted by atomic mass is 16.3. The minimum atomic E-state index is -0.833. The summed E-state index contributed by atoms with van der Waals surface area (Å²) in [4.78, 5) is 17.0. The first-order valence-electron chi connectivity index (χ1n) is 6.90. The summed E-state index contributed by atoms with van der Waals surface area (Å²) < 4.78 is 0. The van der Waals surface area contributed by atoms with Gasteiger partial charge < -0.3 is 15.5 Å². The summed E-state index contributed by atoms with van der Waals surface area (Å²) >= 11 is 0. The maximum atomic E-state index is 12.4. The van der Waals surface area contributed by atoms with Crippen LogP contribution in [-0.4, -0.2) is 27.7 Å². The predicted molar refractivity (Wildman–Crippen MR) is 77.8 cm³/mol. The molecular weight excluding hydrogens is 268 g/mol. The van der Waals surface area contributed by atoms with Crippen molar-refractivity contribution in [2.75, 3.05) is 0 Å². The van der Waals surface area contributed by atoms with Crippen molar-refractivity contribution in [1.29, 1.82) is 0 Å². The lowest BCUT2D eigenvalue weighted by Crippen LogP contribution is -2.50. The van der Waals surface area contributed by atoms with Gasteiger partial charge in [-0.05, 0) is 24.1 Å². The number of fused-ring (bicyclic) bond motifs is 1. The van der Waals surface area contributed by atoms with E-state index in [-0.39, 0.29) is 17.3 Å². The molecule has 0 aromatic carbocycles. The van der Waals surface area contributed by atoms with E-state index < -0.39 is 11.5 Å². The number of aliphatic hydroxyl groups excluding tert-OH is 2. The molecule has 2 atom stereocenters. The van der Waals surface area contributed by atoms with Crippen molar-refractivity contribution in [2.24, 2.45) is 10.4 Å². The molecule has 0 saturated heterocycles. The molecule has 2 heterocycles. The topological polar surface area (TPSA) is 81.9 Å². The number of aliphatic hydroxyl groups is 2. The molecule has 4 aliphatic rings. The number of aliphatic imine (C=N–C) groups is 1. The van der Waals surface area contributed by atoms with Gasteiger partial charge in [-0.25, -0.2) is 0 Å². The summed E-state index contributed by atoms with van der Waals surface area (Å²) in [5.41, 5.74) is 1.65. The van der Waals surface area contributed by atoms with Gasteiger partial charge in [-0.15, -0.1) is 0 Å². The Hall–Kier alpha value is -2.56. The summed E-state index contributed by atoms with van der Waals surface area (Å²) in [5, 5.41) is 22.8. The van der Waals surface area contributed by atoms with Crippen LogP contribution in [0.4, 0.5) is 0 Å². The highest BCUT2D eigenvalue weighted by Crippen LogP contribution is 2.52. The van der Waals surface area contributed by atoms with Gasteiger partial charge >= 0.3 is 0 Å². The van der Waals surface area contributed by atoms with Crippen LogP contribution in [-0.2, 0) is 4.79 Å². The van der Waals surface area contributed by atoms with Gasteiger partial charge in [-0.2, -0.15) is 0 Å². The number of carbonyl (C=O) groups excluding carboxylic acids is 1. The number of nitrogens with one attached hydrogen (secondary N) is 1. The van der Waals surface area contributed by atoms with E-state index in [0.29, 0.717) is 6.42 Å². The van der Waals surface area contributed by atoms with Crippen molar-refractivity contribution >= 4 is 11.5 Å². The van der Waals surface area contributed by atoms with Crippen molar-refractivity contribution < 1.29 is 15.0 Å². The molecule has 5 nitrogen and oxygen atoms in total. The summed E-state index contributed by atoms with van der Waals surface area (Å²) in [6, 6.07) is -0.566. The zero-order valence-electron chi connectivity index (χ0n) is 11.2. The zero-order chi connectivity index (χ0) is 14.6. The molecule has 0 aromatic rings. The third-order valence-corrected chi connectivity index (χ3v) is 4.41. The second-order valence-electron chi connectivity index (χ2n) is 5.54. The van der Waals surface area contributed by atoms with Crippen LogP contribution in [0.2, 0.25) is 0 Å². The fraction of sp³-hybridized carbons (Fsp3) is 0.250. The van der Waals surface area contributed by atoms with Gasteiger partial charge in [0.05, 0.1) is 16.8 Å². The molecule has 2 aliphatic heterocycles. The second-order valence-corrected chi connectivity index (χ2v) is 5.54. The molecule has 106 valence electrons. The zero-order valence-corrected chi connectivity index (χ0v) is 11.2. The molecule has 0 radical (unpaired) electrons. The fourth-order valence-corrected chi connectivity index (χ4v) is 3.47. The summed E-state index contributed by atoms with van der Waals surface area (Å²) in [5.74, 6) is -0.496. The molecule has 5 heteroatoms. The van der Waals surface area contributed by atoms with E-state index >= 15 is 0 Å². The Bertz CT molecular complexity index is 737. The van der Waals surface area contributed by atoms with Crippen LogP contribution in [0.5, 0.6) is 0 Å². The highest BCUT2D eigenvalue weighted by Gasteiger charge is 2.54. The number of ketones is 1. The molecule has 0 fully saturated rings. The lowest BCUT2D eigenvalue weighted by molar-refractivity contribution is -0.121. The Labute approximate surface area is 121 Å². The van der Waals surface area contributed by atoms with Crippen molar-refractivity contribution in [2.45, 2.75) is 18.9 Å². The van der Waals surface area contributed by atoms with Gasteiger partial charge in [0.15, 0.2) is 17.3 Å². The van der Waals surface area contributed by atoms with Crippen LogP contribution in [0.1, 0.15) is 12.8 Å². The average molecular weight is 282 g/mol. The van der Waals surface area contributed by atoms with Crippen molar-refractivity contribution in [3.8, 4) is 0 Å². The van der Waals surface area contributed by atoms with E-state index in [4.69, 9.17) is 0 Å². The maximum Gasteiger partial charge on any atom is 0.173 e. The van der Waals surface area contributed by atoms with Crippen LogP contribution in [0.15, 0.2) is 64.4 Å². The Kier molecular flexibility index (Phi) is 2.31. The summed E-state index contributed by atoms with van der Waals surface area (Å²) in [7, 11) is 0. The molecule has 0 saturated carbocycles. The molecule has 1 spiro atoms. The largest absolute Gasteiger partial charge is 0.504 e. The quantitative estimate of drug-likeness (QED) is 0.634. The second kappa shape index (κ2) is 3.97. The normalized spacial score (nSPS) is 33.2. The van der Waals surface area contributed by atoms with Crippen molar-refractivity contribution in [3.05, 3.63) is 59.4 Å². The highest BCUT2D eigenvalue weighted by molar-refractivity contribution is 6.15. The predicted octanol–water partition coefficient (Wildman–Crippen LogP) is 1.98. The third-order valence-electron chi connectivity index (χ3n) is 4.41. The minimum Gasteiger partial charge on any atom is -0.504 e. The Balaban J connectivity index is 1.99. The SMILES string of the molecule is O=C1CC=C2N=C3C=CCC=C3C23C=C(O)C(O)=CNC13. The lowest BCUT2D eigenvalue weighted by Gasteiger charge is -2.38. The maximum absolute atomic E-state index is 12.4. The van der Waals surface area contributed by atoms with Crippen LogP contribution < -0.4 is 5.32 Å². The molecule has 0 bridgehead atoms. The fourth-order valence-electron chi connectivity index (χ4n) is 3.47. The van der Waals surface area contributed by atoms with E-state index in [1.54, 1.807) is 6.08 Å². The van der Waals surface area contributed by atoms with E-state index in [0.717, 1.165) is 23.4 Å². The number of allylic oxidation sites excluding steroid dienone is 4. The molecule has 3 N–H and O–H groups in total. The Morgan fingerprint density at radius 1 is 1.29 bits per heavy atom. The van der Waals surface area contributed by atoms with Gasteiger partial charge in [-0.1, -0.05) is 18.2 Å². The third kappa shape index (κ3) is 1.46. The van der Waals surface area contributed by atoms with Crippen LogP contribution in [0, 0.1) is 5.41 Å². The molecule has 0 amide bonds. The molecule has 2 aliphatic carbocycles. The average Bonchev–Trinajstić information content (AvgIpc) is 2.72. The minimum absolute atomic E-state index is 0.0145. The number of nitrogens with zero attached hydrogens (tertiary/aromatic N) is 1. The molecular formula is C16H14N2O3. The first-order chi connectivity index (χ1) is 10.1. The van der Waals surface area contributed by atoms with Gasteiger partial charge in [0.1, 0.15) is 6.04 Å². The molecule has 4 rings (SSSR count). The van der Waals surface area contributed by atoms with E-state index in [1.165, 1.54) is 6.20 Å². The van der Waals surface area contributed by atoms with Crippen LogP contribution in [0.3, 0.4) is 0 Å². The summed E-state index contributed by atoms with van der Waals surface area (Å²) in [6.45, 7) is 0. The lowest BCUT2D eigenvalue weighted by atomic mass is 9.66. The molecule has 2 unspecified atom stereocenters. The first kappa shape index (κ1) is 12.2. The van der Waals surface area contributed by atoms with Crippen LogP contribution >= 0.6 is 0 Å². The molecule has 0 aromatic heterocycles. The Morgan fingerprint density at radius 3 is 3.00 bits per heavy atom. The molecule has 21 heavy (non-hydrogen) atoms. The Morgan fingerprint density at radius 2 is 2.14 bits per heavy atom. The number of rotatable bonds is 0. The number of hydrogen-bond donors (Lipinski definition) is 3. The van der Waals surface area contributed by atoms with Crippen molar-refractivity contribution in [1.82, 2.24) is 5.32 Å². The smallest absolute Gasteiger partial charge is 0.173 e. The van der Waals surface area contributed by atoms with E-state index in [9.17, 15) is 15.0 Å². The number of carbonyl (C=O) groups is 1.